The SMILES string of the molecule is CCCCCCCCCCCCCC(=O)O[C@H](COC(=O)CCCCCCCCC(C)CC)COP(=O)(O)OC[C@H](O)COP(=O)(O)OC[C@@H](COC(=O)CCCCCCCCCCCCCCCC(C)C)OC(=O)CCCCCCCCCCCCCCCCCCCCC(C)CC. The highest BCUT2D eigenvalue weighted by atomic mass is 31.2. The van der Waals surface area contributed by atoms with Crippen LogP contribution in [-0.4, -0.2) is 96.7 Å². The molecule has 588 valence electrons. The standard InChI is InChI=1S/C80H156O17P2/c1-8-11-12-13-14-15-27-35-40-49-56-63-79(84)97-76(68-91-78(83)62-55-48-43-42-46-53-60-73(7)10-3)70-95-99(88,89)93-66-74(81)65-92-98(86,87)94-69-75(67-90-77(82)61-54-47-39-34-30-26-22-23-28-32-37-44-51-58-71(4)5)96-80(85)64-57-50-41-36-31-25-21-19-17-16-18-20-24-29-33-38-45-52-59-72(6)9-2/h71-76,81H,8-70H2,1-7H3,(H,86,87)(H,88,89)/t72?,73?,74-,75-,76-/m1/s1. The molecule has 17 nitrogen and oxygen atoms in total. The molecule has 99 heavy (non-hydrogen) atoms. The Morgan fingerprint density at radius 2 is 0.515 bits per heavy atom. The quantitative estimate of drug-likeness (QED) is 0.0222. The third-order valence-electron chi connectivity index (χ3n) is 19.4. The van der Waals surface area contributed by atoms with Crippen molar-refractivity contribution in [1.29, 1.82) is 0 Å². The van der Waals surface area contributed by atoms with Gasteiger partial charge in [0.15, 0.2) is 12.2 Å². The number of hydrogen-bond donors (Lipinski definition) is 3. The highest BCUT2D eigenvalue weighted by Gasteiger charge is 2.30. The van der Waals surface area contributed by atoms with Gasteiger partial charge >= 0.3 is 39.5 Å². The number of aliphatic hydroxyl groups excluding tert-OH is 1. The second-order valence-electron chi connectivity index (χ2n) is 29.8. The van der Waals surface area contributed by atoms with Crippen LogP contribution in [0.4, 0.5) is 0 Å². The third kappa shape index (κ3) is 71.5. The summed E-state index contributed by atoms with van der Waals surface area (Å²) in [6.45, 7) is 12.0. The molecule has 4 unspecified atom stereocenters. The van der Waals surface area contributed by atoms with Gasteiger partial charge in [-0.25, -0.2) is 9.13 Å². The van der Waals surface area contributed by atoms with Crippen molar-refractivity contribution in [3.8, 4) is 0 Å². The molecule has 3 N–H and O–H groups in total. The Morgan fingerprint density at radius 1 is 0.293 bits per heavy atom. The molecule has 19 heteroatoms. The topological polar surface area (TPSA) is 237 Å². The normalized spacial score (nSPS) is 14.5. The molecule has 0 aliphatic rings. The lowest BCUT2D eigenvalue weighted by Crippen LogP contribution is -2.30. The minimum atomic E-state index is -4.96. The average Bonchev–Trinajstić information content (AvgIpc) is 1.00. The monoisotopic (exact) mass is 1450 g/mol. The summed E-state index contributed by atoms with van der Waals surface area (Å²) in [4.78, 5) is 72.9. The first kappa shape index (κ1) is 97.1. The Labute approximate surface area is 607 Å². The molecule has 0 bridgehead atoms. The van der Waals surface area contributed by atoms with Crippen molar-refractivity contribution in [3.63, 3.8) is 0 Å². The predicted molar refractivity (Wildman–Crippen MR) is 405 cm³/mol. The summed E-state index contributed by atoms with van der Waals surface area (Å²) in [5.41, 5.74) is 0. The van der Waals surface area contributed by atoms with E-state index in [1.165, 1.54) is 218 Å². The molecular formula is C80H156O17P2. The van der Waals surface area contributed by atoms with E-state index in [0.717, 1.165) is 114 Å². The van der Waals surface area contributed by atoms with Crippen LogP contribution in [0.1, 0.15) is 414 Å². The molecule has 0 aromatic carbocycles. The summed E-state index contributed by atoms with van der Waals surface area (Å²) in [5.74, 6) is 0.280. The Hall–Kier alpha value is -1.94. The van der Waals surface area contributed by atoms with Gasteiger partial charge in [0.2, 0.25) is 0 Å². The first-order valence-electron chi connectivity index (χ1n) is 41.4. The number of carbonyl (C=O) groups is 4. The molecular weight excluding hydrogens is 1290 g/mol. The molecule has 0 radical (unpaired) electrons. The van der Waals surface area contributed by atoms with Gasteiger partial charge in [-0.3, -0.25) is 37.3 Å². The Balaban J connectivity index is 5.20. The van der Waals surface area contributed by atoms with Crippen LogP contribution in [0.2, 0.25) is 0 Å². The fourth-order valence-electron chi connectivity index (χ4n) is 12.2. The Morgan fingerprint density at radius 3 is 0.768 bits per heavy atom. The van der Waals surface area contributed by atoms with E-state index < -0.39 is 97.5 Å². The van der Waals surface area contributed by atoms with Gasteiger partial charge in [0.1, 0.15) is 19.3 Å². The lowest BCUT2D eigenvalue weighted by atomic mass is 9.99. The van der Waals surface area contributed by atoms with E-state index in [1.807, 2.05) is 0 Å². The van der Waals surface area contributed by atoms with Crippen molar-refractivity contribution >= 4 is 39.5 Å². The van der Waals surface area contributed by atoms with E-state index >= 15 is 0 Å². The molecule has 7 atom stereocenters. The van der Waals surface area contributed by atoms with Crippen LogP contribution in [0, 0.1) is 17.8 Å². The number of phosphoric ester groups is 2. The third-order valence-corrected chi connectivity index (χ3v) is 21.3. The minimum absolute atomic E-state index is 0.106. The number of unbranched alkanes of at least 4 members (excludes halogenated alkanes) is 44. The summed E-state index contributed by atoms with van der Waals surface area (Å²) >= 11 is 0. The molecule has 0 heterocycles. The smallest absolute Gasteiger partial charge is 0.462 e. The van der Waals surface area contributed by atoms with Crippen LogP contribution in [0.3, 0.4) is 0 Å². The molecule has 0 saturated heterocycles. The van der Waals surface area contributed by atoms with E-state index in [0.29, 0.717) is 25.7 Å². The zero-order valence-corrected chi connectivity index (χ0v) is 66.8. The van der Waals surface area contributed by atoms with Crippen LogP contribution in [-0.2, 0) is 65.4 Å². The average molecular weight is 1450 g/mol. The van der Waals surface area contributed by atoms with E-state index in [1.54, 1.807) is 0 Å². The highest BCUT2D eigenvalue weighted by Crippen LogP contribution is 2.45. The Bertz CT molecular complexity index is 1930. The first-order chi connectivity index (χ1) is 47.8. The van der Waals surface area contributed by atoms with E-state index in [4.69, 9.17) is 37.0 Å². The van der Waals surface area contributed by atoms with E-state index in [-0.39, 0.29) is 25.7 Å². The lowest BCUT2D eigenvalue weighted by Gasteiger charge is -2.21. The van der Waals surface area contributed by atoms with Gasteiger partial charge in [-0.1, -0.05) is 363 Å². The molecule has 0 aromatic rings. The summed E-state index contributed by atoms with van der Waals surface area (Å²) in [6, 6.07) is 0. The zero-order valence-electron chi connectivity index (χ0n) is 65.0. The van der Waals surface area contributed by atoms with Crippen molar-refractivity contribution in [2.24, 2.45) is 17.8 Å². The van der Waals surface area contributed by atoms with Gasteiger partial charge in [-0.2, -0.15) is 0 Å². The van der Waals surface area contributed by atoms with Gasteiger partial charge in [0.05, 0.1) is 26.4 Å². The van der Waals surface area contributed by atoms with Gasteiger partial charge in [0, 0.05) is 25.7 Å². The predicted octanol–water partition coefficient (Wildman–Crippen LogP) is 23.7. The molecule has 0 spiro atoms. The summed E-state index contributed by atoms with van der Waals surface area (Å²) < 4.78 is 68.6. The van der Waals surface area contributed by atoms with Gasteiger partial charge in [-0.05, 0) is 43.4 Å². The van der Waals surface area contributed by atoms with Crippen LogP contribution in [0.5, 0.6) is 0 Å². The zero-order chi connectivity index (χ0) is 73.0. The molecule has 0 aromatic heterocycles. The van der Waals surface area contributed by atoms with Gasteiger partial charge in [0.25, 0.3) is 0 Å². The van der Waals surface area contributed by atoms with Crippen LogP contribution >= 0.6 is 15.6 Å². The van der Waals surface area contributed by atoms with Crippen LogP contribution in [0.25, 0.3) is 0 Å². The van der Waals surface area contributed by atoms with Crippen molar-refractivity contribution in [2.45, 2.75) is 433 Å². The molecule has 0 saturated carbocycles. The molecule has 0 amide bonds. The van der Waals surface area contributed by atoms with Crippen LogP contribution in [0.15, 0.2) is 0 Å². The van der Waals surface area contributed by atoms with Gasteiger partial charge in [-0.15, -0.1) is 0 Å². The van der Waals surface area contributed by atoms with Crippen molar-refractivity contribution in [1.82, 2.24) is 0 Å². The number of esters is 4. The van der Waals surface area contributed by atoms with E-state index in [9.17, 15) is 43.2 Å². The first-order valence-corrected chi connectivity index (χ1v) is 44.4. The van der Waals surface area contributed by atoms with Crippen molar-refractivity contribution in [3.05, 3.63) is 0 Å². The lowest BCUT2D eigenvalue weighted by molar-refractivity contribution is -0.161. The minimum Gasteiger partial charge on any atom is -0.462 e. The Kier molecular flexibility index (Phi) is 69.0. The van der Waals surface area contributed by atoms with E-state index in [2.05, 4.69) is 48.5 Å². The highest BCUT2D eigenvalue weighted by molar-refractivity contribution is 7.47. The maximum absolute atomic E-state index is 13.1. The van der Waals surface area contributed by atoms with Crippen molar-refractivity contribution in [2.75, 3.05) is 39.6 Å². The fourth-order valence-corrected chi connectivity index (χ4v) is 13.8. The molecule has 0 fully saturated rings. The fraction of sp³-hybridized carbons (Fsp3) is 0.950. The molecule has 0 aliphatic carbocycles. The number of phosphoric acid groups is 2. The largest absolute Gasteiger partial charge is 0.472 e. The van der Waals surface area contributed by atoms with Gasteiger partial charge < -0.3 is 33.8 Å². The number of carbonyl (C=O) groups excluding carboxylic acids is 4. The van der Waals surface area contributed by atoms with Crippen LogP contribution < -0.4 is 0 Å². The second-order valence-corrected chi connectivity index (χ2v) is 32.7. The number of rotatable bonds is 78. The molecule has 0 rings (SSSR count). The summed E-state index contributed by atoms with van der Waals surface area (Å²) in [7, 11) is -9.92. The second kappa shape index (κ2) is 70.4. The number of aliphatic hydroxyl groups is 1. The van der Waals surface area contributed by atoms with Crippen molar-refractivity contribution < 1.29 is 80.2 Å². The maximum Gasteiger partial charge on any atom is 0.472 e. The molecule has 0 aliphatic heterocycles. The number of ether oxygens (including phenoxy) is 4. The summed E-state index contributed by atoms with van der Waals surface area (Å²) in [6.07, 6.45) is 58.3. The maximum atomic E-state index is 13.1. The summed E-state index contributed by atoms with van der Waals surface area (Å²) in [5, 5.41) is 10.6. The number of hydrogen-bond acceptors (Lipinski definition) is 15.